The maximum atomic E-state index is 13.9. The van der Waals surface area contributed by atoms with Crippen LogP contribution in [-0.4, -0.2) is 17.6 Å². The monoisotopic (exact) mass is 283 g/mol. The summed E-state index contributed by atoms with van der Waals surface area (Å²) in [5, 5.41) is 0. The highest BCUT2D eigenvalue weighted by atomic mass is 19.1. The number of guanidine groups is 1. The molecule has 1 aliphatic rings. The third-order valence-electron chi connectivity index (χ3n) is 3.27. The first-order valence-corrected chi connectivity index (χ1v) is 6.10. The van der Waals surface area contributed by atoms with Crippen LogP contribution in [0.1, 0.15) is 26.3 Å². The second-order valence-electron chi connectivity index (χ2n) is 4.59. The van der Waals surface area contributed by atoms with Crippen molar-refractivity contribution in [2.45, 2.75) is 0 Å². The number of hydrogen-bond donors (Lipinski definition) is 2. The minimum Gasteiger partial charge on any atom is -0.370 e. The Balaban J connectivity index is 2.15. The lowest BCUT2D eigenvalue weighted by Crippen LogP contribution is -2.24. The Hall–Kier alpha value is -3.02. The van der Waals surface area contributed by atoms with Gasteiger partial charge in [0.05, 0.1) is 0 Å². The van der Waals surface area contributed by atoms with Crippen LogP contribution >= 0.6 is 0 Å². The average Bonchev–Trinajstić information content (AvgIpc) is 2.72. The van der Waals surface area contributed by atoms with Crippen LogP contribution in [0.25, 0.3) is 11.1 Å². The van der Waals surface area contributed by atoms with Crippen molar-refractivity contribution < 1.29 is 14.0 Å². The van der Waals surface area contributed by atoms with Crippen molar-refractivity contribution in [1.29, 1.82) is 0 Å². The molecule has 0 bridgehead atoms. The molecule has 104 valence electrons. The molecule has 2 aromatic carbocycles. The molecule has 1 amide bonds. The van der Waals surface area contributed by atoms with Crippen LogP contribution in [0, 0.1) is 5.82 Å². The van der Waals surface area contributed by atoms with Crippen LogP contribution in [0.5, 0.6) is 0 Å². The zero-order chi connectivity index (χ0) is 15.1. The van der Waals surface area contributed by atoms with Gasteiger partial charge in [0, 0.05) is 22.3 Å². The van der Waals surface area contributed by atoms with Gasteiger partial charge in [-0.2, -0.15) is 4.99 Å². The number of nitrogens with two attached hydrogens (primary N) is 2. The normalized spacial score (nSPS) is 11.8. The largest absolute Gasteiger partial charge is 0.370 e. The Morgan fingerprint density at radius 2 is 1.81 bits per heavy atom. The Kier molecular flexibility index (Phi) is 2.79. The lowest BCUT2D eigenvalue weighted by atomic mass is 10.0. The van der Waals surface area contributed by atoms with Crippen LogP contribution in [-0.2, 0) is 0 Å². The number of carbonyl (C=O) groups excluding carboxylic acids is 2. The first-order valence-electron chi connectivity index (χ1n) is 6.10. The van der Waals surface area contributed by atoms with Gasteiger partial charge in [0.25, 0.3) is 5.91 Å². The fourth-order valence-electron chi connectivity index (χ4n) is 2.40. The summed E-state index contributed by atoms with van der Waals surface area (Å²) in [6, 6.07) is 8.69. The smallest absolute Gasteiger partial charge is 0.280 e. The number of halogens is 1. The molecule has 0 aromatic heterocycles. The Bertz CT molecular complexity index is 824. The molecule has 6 heteroatoms. The van der Waals surface area contributed by atoms with Crippen molar-refractivity contribution in [1.82, 2.24) is 0 Å². The fraction of sp³-hybridized carbons (Fsp3) is 0. The number of benzene rings is 2. The van der Waals surface area contributed by atoms with Crippen molar-refractivity contribution in [2.24, 2.45) is 16.5 Å². The predicted octanol–water partition coefficient (Wildman–Crippen LogP) is 1.45. The molecular formula is C15H10FN3O2. The standard InChI is InChI=1S/C15H10FN3O2/c16-11-3-1-2-9-12(11)8-5-4-7(6-10(8)13(9)20)14(21)19-15(17)18/h1-6H,(H4,17,18,19,21). The fourth-order valence-corrected chi connectivity index (χ4v) is 2.40. The summed E-state index contributed by atoms with van der Waals surface area (Å²) >= 11 is 0. The van der Waals surface area contributed by atoms with Crippen molar-refractivity contribution in [3.63, 3.8) is 0 Å². The molecule has 3 rings (SSSR count). The van der Waals surface area contributed by atoms with E-state index < -0.39 is 11.7 Å². The number of ketones is 1. The summed E-state index contributed by atoms with van der Waals surface area (Å²) in [6.07, 6.45) is 0. The highest BCUT2D eigenvalue weighted by Crippen LogP contribution is 2.38. The number of fused-ring (bicyclic) bond motifs is 3. The molecule has 5 nitrogen and oxygen atoms in total. The molecule has 0 fully saturated rings. The summed E-state index contributed by atoms with van der Waals surface area (Å²) < 4.78 is 13.9. The van der Waals surface area contributed by atoms with Crippen LogP contribution < -0.4 is 11.5 Å². The predicted molar refractivity (Wildman–Crippen MR) is 75.4 cm³/mol. The van der Waals surface area contributed by atoms with Crippen LogP contribution in [0.2, 0.25) is 0 Å². The molecule has 21 heavy (non-hydrogen) atoms. The summed E-state index contributed by atoms with van der Waals surface area (Å²) in [5.74, 6) is -1.80. The lowest BCUT2D eigenvalue weighted by molar-refractivity contribution is 0.100. The van der Waals surface area contributed by atoms with E-state index in [1.807, 2.05) is 0 Å². The molecule has 0 atom stereocenters. The Morgan fingerprint density at radius 1 is 1.05 bits per heavy atom. The minimum absolute atomic E-state index is 0.170. The number of hydrogen-bond acceptors (Lipinski definition) is 2. The SMILES string of the molecule is NC(N)=NC(=O)c1ccc2c(c1)C(=O)c1cccc(F)c1-2. The first kappa shape index (κ1) is 13.0. The van der Waals surface area contributed by atoms with Crippen molar-refractivity contribution in [2.75, 3.05) is 0 Å². The second kappa shape index (κ2) is 4.52. The molecule has 0 spiro atoms. The van der Waals surface area contributed by atoms with E-state index in [2.05, 4.69) is 4.99 Å². The lowest BCUT2D eigenvalue weighted by Gasteiger charge is -2.02. The van der Waals surface area contributed by atoms with Crippen molar-refractivity contribution in [3.8, 4) is 11.1 Å². The number of carbonyl (C=O) groups is 2. The minimum atomic E-state index is -0.651. The van der Waals surface area contributed by atoms with Gasteiger partial charge in [-0.05, 0) is 23.8 Å². The van der Waals surface area contributed by atoms with Gasteiger partial charge in [0.2, 0.25) is 0 Å². The van der Waals surface area contributed by atoms with E-state index in [9.17, 15) is 14.0 Å². The van der Waals surface area contributed by atoms with Gasteiger partial charge in [0.15, 0.2) is 11.7 Å². The molecule has 0 unspecified atom stereocenters. The summed E-state index contributed by atoms with van der Waals surface area (Å²) in [7, 11) is 0. The number of rotatable bonds is 1. The average molecular weight is 283 g/mol. The van der Waals surface area contributed by atoms with E-state index in [4.69, 9.17) is 11.5 Å². The van der Waals surface area contributed by atoms with Crippen LogP contribution in [0.15, 0.2) is 41.4 Å². The van der Waals surface area contributed by atoms with Gasteiger partial charge in [-0.3, -0.25) is 9.59 Å². The molecule has 0 aliphatic heterocycles. The molecule has 4 N–H and O–H groups in total. The van der Waals surface area contributed by atoms with Crippen LogP contribution in [0.4, 0.5) is 4.39 Å². The summed E-state index contributed by atoms with van der Waals surface area (Å²) in [5.41, 5.74) is 11.8. The van der Waals surface area contributed by atoms with Gasteiger partial charge in [-0.25, -0.2) is 4.39 Å². The van der Waals surface area contributed by atoms with E-state index in [0.717, 1.165) is 0 Å². The number of amides is 1. The van der Waals surface area contributed by atoms with Gasteiger partial charge in [-0.15, -0.1) is 0 Å². The van der Waals surface area contributed by atoms with Gasteiger partial charge in [-0.1, -0.05) is 18.2 Å². The molecule has 0 saturated carbocycles. The number of aliphatic imine (C=N–C) groups is 1. The molecule has 0 heterocycles. The summed E-state index contributed by atoms with van der Waals surface area (Å²) in [4.78, 5) is 27.5. The second-order valence-corrected chi connectivity index (χ2v) is 4.59. The van der Waals surface area contributed by atoms with Crippen LogP contribution in [0.3, 0.4) is 0 Å². The quantitative estimate of drug-likeness (QED) is 0.521. The van der Waals surface area contributed by atoms with E-state index in [1.165, 1.54) is 30.3 Å². The zero-order valence-corrected chi connectivity index (χ0v) is 10.8. The molecule has 0 radical (unpaired) electrons. The van der Waals surface area contributed by atoms with Gasteiger partial charge >= 0.3 is 0 Å². The Labute approximate surface area is 119 Å². The maximum Gasteiger partial charge on any atom is 0.280 e. The molecule has 2 aromatic rings. The van der Waals surface area contributed by atoms with E-state index in [-0.39, 0.29) is 34.0 Å². The molecule has 1 aliphatic carbocycles. The maximum absolute atomic E-state index is 13.9. The van der Waals surface area contributed by atoms with E-state index >= 15 is 0 Å². The van der Waals surface area contributed by atoms with E-state index in [1.54, 1.807) is 6.07 Å². The van der Waals surface area contributed by atoms with E-state index in [0.29, 0.717) is 5.56 Å². The van der Waals surface area contributed by atoms with Gasteiger partial charge in [0.1, 0.15) is 5.82 Å². The molecular weight excluding hydrogens is 273 g/mol. The first-order chi connectivity index (χ1) is 9.99. The highest BCUT2D eigenvalue weighted by molar-refractivity contribution is 6.22. The third-order valence-corrected chi connectivity index (χ3v) is 3.27. The third kappa shape index (κ3) is 1.97. The van der Waals surface area contributed by atoms with Gasteiger partial charge < -0.3 is 11.5 Å². The highest BCUT2D eigenvalue weighted by Gasteiger charge is 2.29. The topological polar surface area (TPSA) is 98.5 Å². The van der Waals surface area contributed by atoms with Crippen molar-refractivity contribution in [3.05, 3.63) is 58.9 Å². The zero-order valence-electron chi connectivity index (χ0n) is 10.8. The number of nitrogens with zero attached hydrogens (tertiary/aromatic N) is 1. The summed E-state index contributed by atoms with van der Waals surface area (Å²) in [6.45, 7) is 0. The molecule has 0 saturated heterocycles. The Morgan fingerprint density at radius 3 is 2.52 bits per heavy atom. The van der Waals surface area contributed by atoms with Crippen molar-refractivity contribution >= 4 is 17.6 Å².